The maximum absolute atomic E-state index is 12.6. The lowest BCUT2D eigenvalue weighted by molar-refractivity contribution is 0.102. The Hall–Kier alpha value is -3.19. The summed E-state index contributed by atoms with van der Waals surface area (Å²) in [4.78, 5) is 18.2. The van der Waals surface area contributed by atoms with Crippen LogP contribution in [0.1, 0.15) is 15.4 Å². The molecule has 4 aromatic rings. The Labute approximate surface area is 153 Å². The number of carbonyl (C=O) groups is 1. The molecule has 6 nitrogen and oxygen atoms in total. The first kappa shape index (κ1) is 16.3. The lowest BCUT2D eigenvalue weighted by Crippen LogP contribution is -2.12. The van der Waals surface area contributed by atoms with Crippen molar-refractivity contribution in [1.29, 1.82) is 0 Å². The molecule has 7 heteroatoms. The molecule has 2 N–H and O–H groups in total. The monoisotopic (exact) mass is 364 g/mol. The minimum absolute atomic E-state index is 0.280. The number of amides is 1. The van der Waals surface area contributed by atoms with Gasteiger partial charge in [-0.2, -0.15) is 5.10 Å². The number of methoxy groups -OCH3 is 1. The Kier molecular flexibility index (Phi) is 4.14. The fraction of sp³-hybridized carbons (Fsp3) is 0.105. The van der Waals surface area contributed by atoms with E-state index in [-0.39, 0.29) is 5.91 Å². The van der Waals surface area contributed by atoms with Crippen molar-refractivity contribution >= 4 is 33.3 Å². The van der Waals surface area contributed by atoms with Gasteiger partial charge in [0.15, 0.2) is 10.8 Å². The van der Waals surface area contributed by atoms with E-state index in [1.807, 2.05) is 55.5 Å². The van der Waals surface area contributed by atoms with E-state index in [1.54, 1.807) is 7.11 Å². The molecule has 2 heterocycles. The normalized spacial score (nSPS) is 10.8. The number of carbonyl (C=O) groups excluding carboxylic acids is 1. The molecule has 0 saturated heterocycles. The van der Waals surface area contributed by atoms with Crippen LogP contribution in [-0.2, 0) is 0 Å². The van der Waals surface area contributed by atoms with Crippen LogP contribution in [0.4, 0.5) is 5.13 Å². The van der Waals surface area contributed by atoms with Gasteiger partial charge in [-0.25, -0.2) is 4.98 Å². The molecule has 4 rings (SSSR count). The molecular formula is C19H16N4O2S. The Bertz CT molecular complexity index is 1080. The van der Waals surface area contributed by atoms with Crippen LogP contribution in [0.5, 0.6) is 5.75 Å². The molecule has 130 valence electrons. The molecule has 0 aliphatic carbocycles. The van der Waals surface area contributed by atoms with Crippen molar-refractivity contribution in [2.24, 2.45) is 0 Å². The van der Waals surface area contributed by atoms with Crippen molar-refractivity contribution in [2.75, 3.05) is 12.4 Å². The summed E-state index contributed by atoms with van der Waals surface area (Å²) in [6, 6.07) is 15.2. The number of fused-ring (bicyclic) bond motifs is 1. The number of aromatic amines is 1. The van der Waals surface area contributed by atoms with Gasteiger partial charge in [0.2, 0.25) is 0 Å². The number of nitrogens with zero attached hydrogens (tertiary/aromatic N) is 2. The average Bonchev–Trinajstić information content (AvgIpc) is 3.25. The van der Waals surface area contributed by atoms with Gasteiger partial charge < -0.3 is 4.74 Å². The van der Waals surface area contributed by atoms with Crippen LogP contribution in [0.2, 0.25) is 0 Å². The van der Waals surface area contributed by atoms with Crippen LogP contribution < -0.4 is 10.1 Å². The third-order valence-corrected chi connectivity index (χ3v) is 4.95. The van der Waals surface area contributed by atoms with Gasteiger partial charge >= 0.3 is 0 Å². The highest BCUT2D eigenvalue weighted by Gasteiger charge is 2.17. The lowest BCUT2D eigenvalue weighted by Gasteiger charge is -2.02. The predicted octanol–water partition coefficient (Wildman–Crippen LogP) is 4.26. The third-order valence-electron chi connectivity index (χ3n) is 4.07. The average molecular weight is 364 g/mol. The summed E-state index contributed by atoms with van der Waals surface area (Å²) in [5, 5.41) is 11.2. The SMILES string of the molecule is COc1ccc(-c2nc(NC(=O)c3n[nH]c4ccccc34)sc2C)cc1. The molecule has 0 unspecified atom stereocenters. The van der Waals surface area contributed by atoms with Crippen molar-refractivity contribution in [3.63, 3.8) is 0 Å². The highest BCUT2D eigenvalue weighted by Crippen LogP contribution is 2.31. The zero-order valence-electron chi connectivity index (χ0n) is 14.2. The number of para-hydroxylation sites is 1. The fourth-order valence-corrected chi connectivity index (χ4v) is 3.59. The number of hydrogen-bond acceptors (Lipinski definition) is 5. The van der Waals surface area contributed by atoms with Crippen molar-refractivity contribution in [3.8, 4) is 17.0 Å². The van der Waals surface area contributed by atoms with Gasteiger partial charge in [-0.3, -0.25) is 15.2 Å². The summed E-state index contributed by atoms with van der Waals surface area (Å²) in [6.45, 7) is 1.98. The van der Waals surface area contributed by atoms with Crippen LogP contribution in [0.15, 0.2) is 48.5 Å². The Morgan fingerprint density at radius 2 is 1.92 bits per heavy atom. The quantitative estimate of drug-likeness (QED) is 0.567. The predicted molar refractivity (Wildman–Crippen MR) is 103 cm³/mol. The number of H-pyrrole nitrogens is 1. The van der Waals surface area contributed by atoms with E-state index in [2.05, 4.69) is 20.5 Å². The standard InChI is InChI=1S/C19H16N4O2S/c1-11-16(12-7-9-13(25-2)10-8-12)20-19(26-11)21-18(24)17-14-5-3-4-6-15(14)22-23-17/h3-10H,1-2H3,(H,22,23)(H,20,21,24). The van der Waals surface area contributed by atoms with Crippen LogP contribution >= 0.6 is 11.3 Å². The van der Waals surface area contributed by atoms with Crippen LogP contribution in [-0.4, -0.2) is 28.2 Å². The molecule has 0 bridgehead atoms. The number of aromatic nitrogens is 3. The fourth-order valence-electron chi connectivity index (χ4n) is 2.76. The minimum atomic E-state index is -0.280. The number of thiazole rings is 1. The van der Waals surface area contributed by atoms with Gasteiger partial charge in [-0.05, 0) is 37.3 Å². The number of anilines is 1. The first-order chi connectivity index (χ1) is 12.7. The van der Waals surface area contributed by atoms with E-state index in [0.29, 0.717) is 10.8 Å². The summed E-state index contributed by atoms with van der Waals surface area (Å²) in [5.74, 6) is 0.512. The molecule has 0 radical (unpaired) electrons. The van der Waals surface area contributed by atoms with Gasteiger partial charge in [0.05, 0.1) is 18.3 Å². The number of benzene rings is 2. The molecule has 2 aromatic heterocycles. The second-order valence-electron chi connectivity index (χ2n) is 5.72. The van der Waals surface area contributed by atoms with E-state index >= 15 is 0 Å². The first-order valence-corrected chi connectivity index (χ1v) is 8.83. The highest BCUT2D eigenvalue weighted by molar-refractivity contribution is 7.16. The van der Waals surface area contributed by atoms with Crippen molar-refractivity contribution in [2.45, 2.75) is 6.92 Å². The summed E-state index contributed by atoms with van der Waals surface area (Å²) >= 11 is 1.44. The number of nitrogens with one attached hydrogen (secondary N) is 2. The zero-order valence-corrected chi connectivity index (χ0v) is 15.1. The van der Waals surface area contributed by atoms with Crippen molar-refractivity contribution < 1.29 is 9.53 Å². The zero-order chi connectivity index (χ0) is 18.1. The summed E-state index contributed by atoms with van der Waals surface area (Å²) in [7, 11) is 1.63. The van der Waals surface area contributed by atoms with Gasteiger partial charge in [0.25, 0.3) is 5.91 Å². The molecular weight excluding hydrogens is 348 g/mol. The number of hydrogen-bond donors (Lipinski definition) is 2. The summed E-state index contributed by atoms with van der Waals surface area (Å²) in [5.41, 5.74) is 3.01. The van der Waals surface area contributed by atoms with Crippen molar-refractivity contribution in [1.82, 2.24) is 15.2 Å². The van der Waals surface area contributed by atoms with E-state index in [9.17, 15) is 4.79 Å². The Morgan fingerprint density at radius 1 is 1.15 bits per heavy atom. The van der Waals surface area contributed by atoms with E-state index in [4.69, 9.17) is 4.74 Å². The molecule has 0 fully saturated rings. The second kappa shape index (κ2) is 6.61. The maximum Gasteiger partial charge on any atom is 0.278 e. The van der Waals surface area contributed by atoms with Gasteiger partial charge in [0, 0.05) is 15.8 Å². The first-order valence-electron chi connectivity index (χ1n) is 8.02. The summed E-state index contributed by atoms with van der Waals surface area (Å²) in [6.07, 6.45) is 0. The lowest BCUT2D eigenvalue weighted by atomic mass is 10.1. The molecule has 2 aromatic carbocycles. The second-order valence-corrected chi connectivity index (χ2v) is 6.93. The topological polar surface area (TPSA) is 79.9 Å². The van der Waals surface area contributed by atoms with Gasteiger partial charge in [0.1, 0.15) is 5.75 Å². The van der Waals surface area contributed by atoms with E-state index in [0.717, 1.165) is 32.8 Å². The molecule has 0 spiro atoms. The van der Waals surface area contributed by atoms with Crippen molar-refractivity contribution in [3.05, 3.63) is 59.1 Å². The molecule has 0 aliphatic heterocycles. The van der Waals surface area contributed by atoms with Crippen LogP contribution in [0.25, 0.3) is 22.2 Å². The smallest absolute Gasteiger partial charge is 0.278 e. The Morgan fingerprint density at radius 3 is 2.69 bits per heavy atom. The van der Waals surface area contributed by atoms with Gasteiger partial charge in [-0.15, -0.1) is 11.3 Å². The molecule has 26 heavy (non-hydrogen) atoms. The third kappa shape index (κ3) is 2.93. The number of aryl methyl sites for hydroxylation is 1. The minimum Gasteiger partial charge on any atom is -0.497 e. The van der Waals surface area contributed by atoms with Crippen LogP contribution in [0.3, 0.4) is 0 Å². The number of rotatable bonds is 4. The maximum atomic E-state index is 12.6. The van der Waals surface area contributed by atoms with E-state index < -0.39 is 0 Å². The largest absolute Gasteiger partial charge is 0.497 e. The molecule has 0 aliphatic rings. The van der Waals surface area contributed by atoms with E-state index in [1.165, 1.54) is 11.3 Å². The molecule has 0 atom stereocenters. The number of ether oxygens (including phenoxy) is 1. The summed E-state index contributed by atoms with van der Waals surface area (Å²) < 4.78 is 5.18. The Balaban J connectivity index is 1.60. The molecule has 1 amide bonds. The van der Waals surface area contributed by atoms with Crippen LogP contribution in [0, 0.1) is 6.92 Å². The highest BCUT2D eigenvalue weighted by atomic mass is 32.1. The van der Waals surface area contributed by atoms with Gasteiger partial charge in [-0.1, -0.05) is 18.2 Å². The molecule has 0 saturated carbocycles.